The van der Waals surface area contributed by atoms with E-state index < -0.39 is 6.04 Å². The predicted molar refractivity (Wildman–Crippen MR) is 132 cm³/mol. The van der Waals surface area contributed by atoms with Crippen molar-refractivity contribution in [2.75, 3.05) is 5.32 Å². The van der Waals surface area contributed by atoms with Crippen LogP contribution in [0.25, 0.3) is 16.4 Å². The summed E-state index contributed by atoms with van der Waals surface area (Å²) in [5.74, 6) is 1.19. The van der Waals surface area contributed by atoms with Gasteiger partial charge in [0.15, 0.2) is 5.82 Å². The highest BCUT2D eigenvalue weighted by Gasteiger charge is 2.31. The fraction of sp³-hybridized carbons (Fsp3) is 0.107. The van der Waals surface area contributed by atoms with Crippen LogP contribution in [-0.2, 0) is 6.42 Å². The maximum absolute atomic E-state index is 13.9. The van der Waals surface area contributed by atoms with Crippen LogP contribution in [0.3, 0.4) is 0 Å². The first-order valence-corrected chi connectivity index (χ1v) is 11.1. The molecule has 1 N–H and O–H groups in total. The number of anilines is 1. The van der Waals surface area contributed by atoms with Crippen LogP contribution in [0.4, 0.5) is 5.82 Å². The quantitative estimate of drug-likeness (QED) is 0.413. The number of aryl methyl sites for hydroxylation is 1. The molecule has 1 atom stereocenters. The van der Waals surface area contributed by atoms with E-state index in [1.165, 1.54) is 0 Å². The number of carbonyl (C=O) groups excluding carboxylic acids is 1. The highest BCUT2D eigenvalue weighted by Crippen LogP contribution is 2.28. The molecule has 5 heteroatoms. The number of Topliss-reactive ketones (excluding diaryl/α,β-unsaturated/α-hetero) is 1. The second-order valence-corrected chi connectivity index (χ2v) is 8.38. The first kappa shape index (κ1) is 19.4. The van der Waals surface area contributed by atoms with E-state index in [0.29, 0.717) is 23.8 Å². The lowest BCUT2D eigenvalue weighted by molar-refractivity contribution is 0.0958. The van der Waals surface area contributed by atoms with Gasteiger partial charge in [-0.3, -0.25) is 14.2 Å². The predicted octanol–water partition coefficient (Wildman–Crippen LogP) is 5.46. The van der Waals surface area contributed by atoms with Crippen molar-refractivity contribution in [2.24, 2.45) is 4.99 Å². The van der Waals surface area contributed by atoms with Crippen molar-refractivity contribution in [3.05, 3.63) is 114 Å². The minimum atomic E-state index is -0.570. The van der Waals surface area contributed by atoms with Gasteiger partial charge in [0, 0.05) is 18.2 Å². The van der Waals surface area contributed by atoms with E-state index >= 15 is 0 Å². The van der Waals surface area contributed by atoms with Gasteiger partial charge in [0.05, 0.1) is 0 Å². The van der Waals surface area contributed by atoms with Crippen LogP contribution in [0, 0.1) is 6.92 Å². The lowest BCUT2D eigenvalue weighted by Gasteiger charge is -2.14. The third-order valence-electron chi connectivity index (χ3n) is 6.28. The number of rotatable bonds is 3. The zero-order valence-corrected chi connectivity index (χ0v) is 18.2. The Bertz CT molecular complexity index is 1560. The van der Waals surface area contributed by atoms with Crippen LogP contribution in [-0.4, -0.2) is 27.0 Å². The molecule has 6 rings (SSSR count). The normalized spacial score (nSPS) is 15.7. The van der Waals surface area contributed by atoms with Gasteiger partial charge < -0.3 is 5.32 Å². The van der Waals surface area contributed by atoms with Crippen molar-refractivity contribution in [1.29, 1.82) is 0 Å². The average Bonchev–Trinajstić information content (AvgIpc) is 3.15. The Balaban J connectivity index is 1.54. The zero-order chi connectivity index (χ0) is 22.4. The smallest absolute Gasteiger partial charge is 0.208 e. The molecule has 0 fully saturated rings. The highest BCUT2D eigenvalue weighted by molar-refractivity contribution is 6.16. The van der Waals surface area contributed by atoms with E-state index in [-0.39, 0.29) is 5.78 Å². The molecule has 2 aromatic heterocycles. The van der Waals surface area contributed by atoms with Gasteiger partial charge in [0.1, 0.15) is 23.2 Å². The molecule has 0 unspecified atom stereocenters. The molecule has 3 heterocycles. The van der Waals surface area contributed by atoms with Crippen LogP contribution in [0.1, 0.15) is 27.2 Å². The Kier molecular flexibility index (Phi) is 4.54. The molecule has 33 heavy (non-hydrogen) atoms. The molecule has 0 radical (unpaired) electrons. The lowest BCUT2D eigenvalue weighted by atomic mass is 9.96. The van der Waals surface area contributed by atoms with E-state index in [4.69, 9.17) is 9.98 Å². The van der Waals surface area contributed by atoms with E-state index in [2.05, 4.69) is 42.6 Å². The fourth-order valence-electron chi connectivity index (χ4n) is 4.63. The van der Waals surface area contributed by atoms with Gasteiger partial charge in [-0.25, -0.2) is 4.98 Å². The summed E-state index contributed by atoms with van der Waals surface area (Å²) >= 11 is 0. The summed E-state index contributed by atoms with van der Waals surface area (Å²) in [6.07, 6.45) is 2.39. The number of amidine groups is 1. The molecule has 0 amide bonds. The van der Waals surface area contributed by atoms with Crippen LogP contribution in [0.2, 0.25) is 0 Å². The third-order valence-corrected chi connectivity index (χ3v) is 6.28. The molecule has 1 aliphatic rings. The minimum Gasteiger partial charge on any atom is -0.323 e. The SMILES string of the molecule is Cc1ccccc1C1=N[C@@H](Cc2cccc3ccccc23)C(=O)c2c(nc3ccccn23)N1. The molecule has 0 saturated carbocycles. The number of aliphatic imine (C=N–C) groups is 1. The number of hydrogen-bond donors (Lipinski definition) is 1. The molecular formula is C28H22N4O. The highest BCUT2D eigenvalue weighted by atomic mass is 16.1. The number of fused-ring (bicyclic) bond motifs is 4. The van der Waals surface area contributed by atoms with Gasteiger partial charge in [0.25, 0.3) is 0 Å². The summed E-state index contributed by atoms with van der Waals surface area (Å²) in [5.41, 5.74) is 4.45. The van der Waals surface area contributed by atoms with Gasteiger partial charge in [0.2, 0.25) is 5.78 Å². The first-order chi connectivity index (χ1) is 16.2. The Labute approximate surface area is 191 Å². The summed E-state index contributed by atoms with van der Waals surface area (Å²) in [6.45, 7) is 2.05. The first-order valence-electron chi connectivity index (χ1n) is 11.1. The Hall–Kier alpha value is -4.25. The second kappa shape index (κ2) is 7.71. The molecule has 160 valence electrons. The molecule has 5 nitrogen and oxygen atoms in total. The standard InChI is InChI=1S/C28H22N4O/c1-18-9-2-4-13-21(18)27-29-23(17-20-12-8-11-19-10-3-5-14-22(19)20)26(33)25-28(31-27)30-24-15-6-7-16-32(24)25/h2-16,23H,17H2,1H3,(H,29,31)/t23-/m0/s1. The summed E-state index contributed by atoms with van der Waals surface area (Å²) < 4.78 is 1.86. The molecule has 5 aromatic rings. The molecular weight excluding hydrogens is 408 g/mol. The fourth-order valence-corrected chi connectivity index (χ4v) is 4.63. The maximum atomic E-state index is 13.9. The number of aromatic nitrogens is 2. The summed E-state index contributed by atoms with van der Waals surface area (Å²) in [5, 5.41) is 5.70. The van der Waals surface area contributed by atoms with E-state index in [1.54, 1.807) is 0 Å². The van der Waals surface area contributed by atoms with Crippen molar-refractivity contribution in [3.8, 4) is 0 Å². The topological polar surface area (TPSA) is 58.8 Å². The minimum absolute atomic E-state index is 0.0345. The largest absolute Gasteiger partial charge is 0.323 e. The van der Waals surface area contributed by atoms with Crippen LogP contribution < -0.4 is 5.32 Å². The third kappa shape index (κ3) is 3.29. The number of nitrogens with one attached hydrogen (secondary N) is 1. The number of hydrogen-bond acceptors (Lipinski definition) is 4. The Morgan fingerprint density at radius 1 is 0.909 bits per heavy atom. The molecule has 3 aromatic carbocycles. The van der Waals surface area contributed by atoms with Crippen LogP contribution in [0.5, 0.6) is 0 Å². The van der Waals surface area contributed by atoms with E-state index in [0.717, 1.165) is 33.1 Å². The van der Waals surface area contributed by atoms with Crippen molar-refractivity contribution in [3.63, 3.8) is 0 Å². The van der Waals surface area contributed by atoms with Gasteiger partial charge in [-0.05, 0) is 41.0 Å². The van der Waals surface area contributed by atoms with E-state index in [9.17, 15) is 4.79 Å². The van der Waals surface area contributed by atoms with Gasteiger partial charge >= 0.3 is 0 Å². The van der Waals surface area contributed by atoms with Gasteiger partial charge in [-0.15, -0.1) is 0 Å². The van der Waals surface area contributed by atoms with Crippen molar-refractivity contribution >= 4 is 33.9 Å². The molecule has 1 aliphatic heterocycles. The van der Waals surface area contributed by atoms with Crippen molar-refractivity contribution in [2.45, 2.75) is 19.4 Å². The van der Waals surface area contributed by atoms with Gasteiger partial charge in [-0.2, -0.15) is 0 Å². The number of ketones is 1. The molecule has 0 spiro atoms. The summed E-state index contributed by atoms with van der Waals surface area (Å²) in [7, 11) is 0. The maximum Gasteiger partial charge on any atom is 0.208 e. The van der Waals surface area contributed by atoms with Gasteiger partial charge in [-0.1, -0.05) is 72.8 Å². The number of nitrogens with zero attached hydrogens (tertiary/aromatic N) is 3. The molecule has 0 aliphatic carbocycles. The van der Waals surface area contributed by atoms with Crippen LogP contribution >= 0.6 is 0 Å². The van der Waals surface area contributed by atoms with Crippen molar-refractivity contribution < 1.29 is 4.79 Å². The lowest BCUT2D eigenvalue weighted by Crippen LogP contribution is -2.24. The molecule has 0 saturated heterocycles. The number of benzene rings is 3. The summed E-state index contributed by atoms with van der Waals surface area (Å²) in [6, 6.07) is 27.8. The number of pyridine rings is 1. The monoisotopic (exact) mass is 430 g/mol. The average molecular weight is 431 g/mol. The van der Waals surface area contributed by atoms with E-state index in [1.807, 2.05) is 65.2 Å². The molecule has 0 bridgehead atoms. The Morgan fingerprint density at radius 2 is 1.70 bits per heavy atom. The van der Waals surface area contributed by atoms with Crippen molar-refractivity contribution in [1.82, 2.24) is 9.38 Å². The van der Waals surface area contributed by atoms with Crippen LogP contribution in [0.15, 0.2) is 96.1 Å². The number of carbonyl (C=O) groups is 1. The summed E-state index contributed by atoms with van der Waals surface area (Å²) in [4.78, 5) is 23.6. The Morgan fingerprint density at radius 3 is 2.61 bits per heavy atom. The second-order valence-electron chi connectivity index (χ2n) is 8.38. The zero-order valence-electron chi connectivity index (χ0n) is 18.2. The number of imidazole rings is 1.